The second-order valence-electron chi connectivity index (χ2n) is 6.70. The minimum atomic E-state index is -3.19. The first-order valence-corrected chi connectivity index (χ1v) is 11.8. The summed E-state index contributed by atoms with van der Waals surface area (Å²) < 4.78 is 22.6. The number of nitrogens with one attached hydrogen (secondary N) is 2. The summed E-state index contributed by atoms with van der Waals surface area (Å²) in [6.07, 6.45) is 2.56. The van der Waals surface area contributed by atoms with E-state index in [1.165, 1.54) is 17.5 Å². The number of hydrogen-bond donors (Lipinski definition) is 3. The molecule has 1 aromatic carbocycles. The van der Waals surface area contributed by atoms with Crippen molar-refractivity contribution in [2.24, 2.45) is 0 Å². The molecule has 1 atom stereocenters. The number of anilines is 1. The number of aliphatic hydroxyl groups excluding tert-OH is 1. The van der Waals surface area contributed by atoms with Crippen LogP contribution in [0.1, 0.15) is 17.3 Å². The van der Waals surface area contributed by atoms with Gasteiger partial charge in [0.05, 0.1) is 23.6 Å². The first-order chi connectivity index (χ1) is 13.8. The Balaban J connectivity index is 2.00. The van der Waals surface area contributed by atoms with Crippen molar-refractivity contribution in [3.63, 3.8) is 0 Å². The van der Waals surface area contributed by atoms with Gasteiger partial charge in [0.1, 0.15) is 25.2 Å². The molecule has 3 rings (SSSR count). The van der Waals surface area contributed by atoms with E-state index in [4.69, 9.17) is 0 Å². The smallest absolute Gasteiger partial charge is 0.255 e. The molecule has 0 radical (unpaired) electrons. The van der Waals surface area contributed by atoms with Crippen LogP contribution in [0.25, 0.3) is 20.9 Å². The van der Waals surface area contributed by atoms with Crippen molar-refractivity contribution in [3.05, 3.63) is 42.1 Å². The van der Waals surface area contributed by atoms with E-state index in [1.54, 1.807) is 6.92 Å². The predicted octanol–water partition coefficient (Wildman–Crippen LogP) is 1.93. The van der Waals surface area contributed by atoms with E-state index in [0.717, 1.165) is 16.8 Å². The summed E-state index contributed by atoms with van der Waals surface area (Å²) in [7, 11) is -3.19. The lowest BCUT2D eigenvalue weighted by molar-refractivity contribution is 0.0956. The number of thiazole rings is 1. The standard InChI is InChI=1S/C19H22N4O4S2/c1-12(11-24)22-15-14(17(25)20-8-9-29(2,26)27)10-21-19-16(15)23-18(28-19)13-6-4-3-5-7-13/h3-7,10,12,24H,8-9,11H2,1-2H3,(H,20,25)(H,21,22). The first-order valence-electron chi connectivity index (χ1n) is 8.97. The lowest BCUT2D eigenvalue weighted by Gasteiger charge is -2.16. The zero-order valence-electron chi connectivity index (χ0n) is 16.0. The topological polar surface area (TPSA) is 121 Å². The van der Waals surface area contributed by atoms with Crippen LogP contribution in [-0.2, 0) is 9.84 Å². The van der Waals surface area contributed by atoms with Gasteiger partial charge in [-0.25, -0.2) is 18.4 Å². The number of hydrogen-bond acceptors (Lipinski definition) is 8. The number of carbonyl (C=O) groups excluding carboxylic acids is 1. The van der Waals surface area contributed by atoms with E-state index in [0.29, 0.717) is 16.0 Å². The van der Waals surface area contributed by atoms with Crippen LogP contribution in [-0.4, -0.2) is 60.6 Å². The van der Waals surface area contributed by atoms with Gasteiger partial charge in [-0.05, 0) is 6.92 Å². The number of carbonyl (C=O) groups is 1. The van der Waals surface area contributed by atoms with Crippen LogP contribution < -0.4 is 10.6 Å². The highest BCUT2D eigenvalue weighted by molar-refractivity contribution is 7.90. The molecule has 0 spiro atoms. The van der Waals surface area contributed by atoms with E-state index in [2.05, 4.69) is 20.6 Å². The Labute approximate surface area is 172 Å². The Bertz CT molecular complexity index is 1110. The summed E-state index contributed by atoms with van der Waals surface area (Å²) in [5.41, 5.74) is 2.18. The molecular weight excluding hydrogens is 412 g/mol. The van der Waals surface area contributed by atoms with Gasteiger partial charge in [0.15, 0.2) is 0 Å². The van der Waals surface area contributed by atoms with E-state index in [1.807, 2.05) is 30.3 Å². The number of sulfone groups is 1. The minimum Gasteiger partial charge on any atom is -0.394 e. The molecule has 0 saturated carbocycles. The quantitative estimate of drug-likeness (QED) is 0.495. The third-order valence-corrected chi connectivity index (χ3v) is 6.07. The van der Waals surface area contributed by atoms with Crippen LogP contribution >= 0.6 is 11.3 Å². The summed E-state index contributed by atoms with van der Waals surface area (Å²) >= 11 is 1.41. The summed E-state index contributed by atoms with van der Waals surface area (Å²) in [6, 6.07) is 9.33. The Morgan fingerprint density at radius 3 is 2.66 bits per heavy atom. The van der Waals surface area contributed by atoms with Gasteiger partial charge in [-0.2, -0.15) is 0 Å². The SMILES string of the molecule is CC(CO)Nc1c(C(=O)NCCS(C)(=O)=O)cnc2sc(-c3ccccc3)nc12. The Morgan fingerprint density at radius 2 is 2.00 bits per heavy atom. The number of aliphatic hydroxyl groups is 1. The zero-order valence-corrected chi connectivity index (χ0v) is 17.7. The molecule has 3 aromatic rings. The third-order valence-electron chi connectivity index (χ3n) is 4.11. The van der Waals surface area contributed by atoms with Crippen LogP contribution in [0.5, 0.6) is 0 Å². The van der Waals surface area contributed by atoms with E-state index in [-0.39, 0.29) is 30.5 Å². The van der Waals surface area contributed by atoms with Crippen molar-refractivity contribution in [3.8, 4) is 10.6 Å². The first kappa shape index (κ1) is 21.2. The van der Waals surface area contributed by atoms with E-state index < -0.39 is 15.7 Å². The summed E-state index contributed by atoms with van der Waals surface area (Å²) in [5, 5.41) is 16.0. The normalized spacial score (nSPS) is 12.7. The molecule has 10 heteroatoms. The number of pyridine rings is 1. The Kier molecular flexibility index (Phi) is 6.46. The fourth-order valence-corrected chi connectivity index (χ4v) is 4.03. The van der Waals surface area contributed by atoms with Gasteiger partial charge in [-0.1, -0.05) is 41.7 Å². The van der Waals surface area contributed by atoms with Crippen molar-refractivity contribution in [2.45, 2.75) is 13.0 Å². The van der Waals surface area contributed by atoms with Gasteiger partial charge in [0.25, 0.3) is 5.91 Å². The number of nitrogens with zero attached hydrogens (tertiary/aromatic N) is 2. The Morgan fingerprint density at radius 1 is 1.28 bits per heavy atom. The molecule has 0 saturated heterocycles. The molecule has 0 aliphatic carbocycles. The van der Waals surface area contributed by atoms with Crippen LogP contribution in [0.2, 0.25) is 0 Å². The molecule has 1 amide bonds. The molecular formula is C19H22N4O4S2. The van der Waals surface area contributed by atoms with Crippen molar-refractivity contribution in [1.29, 1.82) is 0 Å². The maximum atomic E-state index is 12.7. The molecule has 0 fully saturated rings. The molecule has 0 aliphatic rings. The average Bonchev–Trinajstić information content (AvgIpc) is 3.12. The lowest BCUT2D eigenvalue weighted by Crippen LogP contribution is -2.30. The summed E-state index contributed by atoms with van der Waals surface area (Å²) in [4.78, 5) is 22.4. The summed E-state index contributed by atoms with van der Waals surface area (Å²) in [6.45, 7) is 1.65. The second kappa shape index (κ2) is 8.85. The lowest BCUT2D eigenvalue weighted by atomic mass is 10.1. The van der Waals surface area contributed by atoms with Crippen LogP contribution in [0.15, 0.2) is 36.5 Å². The maximum absolute atomic E-state index is 12.7. The molecule has 0 aliphatic heterocycles. The van der Waals surface area contributed by atoms with Gasteiger partial charge in [0.2, 0.25) is 0 Å². The highest BCUT2D eigenvalue weighted by Gasteiger charge is 2.20. The number of aromatic nitrogens is 2. The highest BCUT2D eigenvalue weighted by Crippen LogP contribution is 2.34. The molecule has 0 bridgehead atoms. The molecule has 154 valence electrons. The molecule has 2 heterocycles. The maximum Gasteiger partial charge on any atom is 0.255 e. The molecule has 29 heavy (non-hydrogen) atoms. The average molecular weight is 435 g/mol. The van der Waals surface area contributed by atoms with Gasteiger partial charge >= 0.3 is 0 Å². The summed E-state index contributed by atoms with van der Waals surface area (Å²) in [5.74, 6) is -0.607. The fourth-order valence-electron chi connectivity index (χ4n) is 2.64. The number of rotatable bonds is 8. The van der Waals surface area contributed by atoms with Crippen LogP contribution in [0.4, 0.5) is 5.69 Å². The third kappa shape index (κ3) is 5.28. The number of benzene rings is 1. The molecule has 2 aromatic heterocycles. The minimum absolute atomic E-state index is 0.00295. The largest absolute Gasteiger partial charge is 0.394 e. The van der Waals surface area contributed by atoms with Crippen molar-refractivity contribution in [2.75, 3.05) is 30.5 Å². The van der Waals surface area contributed by atoms with Crippen molar-refractivity contribution >= 4 is 43.1 Å². The Hall–Kier alpha value is -2.56. The van der Waals surface area contributed by atoms with Crippen molar-refractivity contribution in [1.82, 2.24) is 15.3 Å². The number of amides is 1. The van der Waals surface area contributed by atoms with Gasteiger partial charge in [-0.3, -0.25) is 4.79 Å². The molecule has 1 unspecified atom stereocenters. The highest BCUT2D eigenvalue weighted by atomic mass is 32.2. The second-order valence-corrected chi connectivity index (χ2v) is 9.94. The van der Waals surface area contributed by atoms with Crippen molar-refractivity contribution < 1.29 is 18.3 Å². The zero-order chi connectivity index (χ0) is 21.0. The van der Waals surface area contributed by atoms with Crippen LogP contribution in [0.3, 0.4) is 0 Å². The predicted molar refractivity (Wildman–Crippen MR) is 115 cm³/mol. The number of fused-ring (bicyclic) bond motifs is 1. The van der Waals surface area contributed by atoms with Gasteiger partial charge in [-0.15, -0.1) is 0 Å². The van der Waals surface area contributed by atoms with E-state index >= 15 is 0 Å². The van der Waals surface area contributed by atoms with E-state index in [9.17, 15) is 18.3 Å². The van der Waals surface area contributed by atoms with Crippen LogP contribution in [0, 0.1) is 0 Å². The van der Waals surface area contributed by atoms with Gasteiger partial charge < -0.3 is 15.7 Å². The monoisotopic (exact) mass is 434 g/mol. The molecule has 8 nitrogen and oxygen atoms in total. The molecule has 3 N–H and O–H groups in total. The van der Waals surface area contributed by atoms with Gasteiger partial charge in [0, 0.05) is 30.6 Å². The fraction of sp³-hybridized carbons (Fsp3) is 0.316.